The van der Waals surface area contributed by atoms with Crippen LogP contribution < -0.4 is 10.5 Å². The second kappa shape index (κ2) is 3.34. The molecule has 0 amide bonds. The molecule has 0 radical (unpaired) electrons. The van der Waals surface area contributed by atoms with Crippen molar-refractivity contribution < 1.29 is 8.42 Å². The Morgan fingerprint density at radius 2 is 1.79 bits per heavy atom. The van der Waals surface area contributed by atoms with Crippen molar-refractivity contribution in [3.05, 3.63) is 29.8 Å². The van der Waals surface area contributed by atoms with E-state index in [1.807, 2.05) is 12.1 Å². The summed E-state index contributed by atoms with van der Waals surface area (Å²) in [5, 5.41) is 8.15. The summed E-state index contributed by atoms with van der Waals surface area (Å²) in [4.78, 5) is 0.175. The van der Waals surface area contributed by atoms with Crippen LogP contribution >= 0.6 is 0 Å². The fourth-order valence-electron chi connectivity index (χ4n) is 1.45. The molecule has 4 nitrogen and oxygen atoms in total. The number of hydrogen-bond acceptors (Lipinski definition) is 3. The largest absolute Gasteiger partial charge is 0.315 e. The minimum absolute atomic E-state index is 0.175. The average Bonchev–Trinajstić information content (AvgIpc) is 2.00. The summed E-state index contributed by atoms with van der Waals surface area (Å²) in [5.74, 6) is 0.518. The smallest absolute Gasteiger partial charge is 0.238 e. The summed E-state index contributed by atoms with van der Waals surface area (Å²) in [6.07, 6.45) is 0. The van der Waals surface area contributed by atoms with Crippen LogP contribution in [0.3, 0.4) is 0 Å². The molecule has 0 saturated carbocycles. The minimum Gasteiger partial charge on any atom is -0.315 e. The molecule has 0 spiro atoms. The van der Waals surface area contributed by atoms with Gasteiger partial charge in [-0.1, -0.05) is 12.1 Å². The van der Waals surface area contributed by atoms with Crippen LogP contribution in [-0.4, -0.2) is 21.5 Å². The van der Waals surface area contributed by atoms with Gasteiger partial charge in [0.25, 0.3) is 0 Å². The number of hydrogen-bond donors (Lipinski definition) is 2. The van der Waals surface area contributed by atoms with Gasteiger partial charge in [0.1, 0.15) is 0 Å². The lowest BCUT2D eigenvalue weighted by molar-refractivity contribution is 0.448. The highest BCUT2D eigenvalue weighted by molar-refractivity contribution is 7.89. The normalized spacial score (nSPS) is 17.8. The van der Waals surface area contributed by atoms with Crippen molar-refractivity contribution in [2.75, 3.05) is 13.1 Å². The molecule has 0 unspecified atom stereocenters. The maximum atomic E-state index is 11.0. The number of benzene rings is 1. The molecule has 1 aromatic rings. The molecule has 1 aromatic carbocycles. The molecule has 1 fully saturated rings. The fraction of sp³-hybridized carbons (Fsp3) is 0.333. The molecule has 1 aliphatic heterocycles. The number of primary sulfonamides is 1. The predicted octanol–water partition coefficient (Wildman–Crippen LogP) is 0.0208. The van der Waals surface area contributed by atoms with E-state index in [2.05, 4.69) is 5.32 Å². The van der Waals surface area contributed by atoms with Gasteiger partial charge in [0.15, 0.2) is 0 Å². The molecular formula is C9H12N2O2S. The van der Waals surface area contributed by atoms with Crippen LogP contribution in [0.2, 0.25) is 0 Å². The topological polar surface area (TPSA) is 72.2 Å². The molecule has 0 bridgehead atoms. The van der Waals surface area contributed by atoms with Gasteiger partial charge in [0, 0.05) is 19.0 Å². The van der Waals surface area contributed by atoms with Gasteiger partial charge in [-0.3, -0.25) is 0 Å². The Kier molecular flexibility index (Phi) is 2.30. The predicted molar refractivity (Wildman–Crippen MR) is 53.4 cm³/mol. The van der Waals surface area contributed by atoms with Crippen LogP contribution in [0.5, 0.6) is 0 Å². The van der Waals surface area contributed by atoms with Crippen LogP contribution in [0, 0.1) is 0 Å². The van der Waals surface area contributed by atoms with Crippen molar-refractivity contribution in [2.45, 2.75) is 10.8 Å². The number of nitrogens with one attached hydrogen (secondary N) is 1. The monoisotopic (exact) mass is 212 g/mol. The van der Waals surface area contributed by atoms with Crippen molar-refractivity contribution in [1.29, 1.82) is 0 Å². The molecule has 0 aliphatic carbocycles. The van der Waals surface area contributed by atoms with Gasteiger partial charge in [-0.15, -0.1) is 0 Å². The van der Waals surface area contributed by atoms with Crippen LogP contribution in [0.15, 0.2) is 29.2 Å². The first-order valence-electron chi connectivity index (χ1n) is 4.41. The second-order valence-corrected chi connectivity index (χ2v) is 5.03. The number of nitrogens with two attached hydrogens (primary N) is 1. The van der Waals surface area contributed by atoms with Crippen molar-refractivity contribution in [1.82, 2.24) is 5.32 Å². The highest BCUT2D eigenvalue weighted by Crippen LogP contribution is 2.20. The van der Waals surface area contributed by atoms with Gasteiger partial charge < -0.3 is 5.32 Å². The van der Waals surface area contributed by atoms with E-state index in [4.69, 9.17) is 5.14 Å². The lowest BCUT2D eigenvalue weighted by Crippen LogP contribution is -2.39. The lowest BCUT2D eigenvalue weighted by atomic mass is 9.94. The first-order chi connectivity index (χ1) is 6.57. The molecule has 0 aromatic heterocycles. The number of sulfonamides is 1. The third-order valence-electron chi connectivity index (χ3n) is 2.46. The Labute approximate surface area is 83.2 Å². The molecule has 5 heteroatoms. The van der Waals surface area contributed by atoms with E-state index in [-0.39, 0.29) is 4.90 Å². The molecule has 2 rings (SSSR count). The Morgan fingerprint density at radius 1 is 1.21 bits per heavy atom. The van der Waals surface area contributed by atoms with Crippen LogP contribution in [0.1, 0.15) is 11.5 Å². The summed E-state index contributed by atoms with van der Waals surface area (Å²) in [5.41, 5.74) is 1.16. The summed E-state index contributed by atoms with van der Waals surface area (Å²) in [6, 6.07) is 6.77. The maximum Gasteiger partial charge on any atom is 0.238 e. The van der Waals surface area contributed by atoms with E-state index < -0.39 is 10.0 Å². The Bertz CT molecular complexity index is 421. The zero-order chi connectivity index (χ0) is 10.2. The Balaban J connectivity index is 2.26. The van der Waals surface area contributed by atoms with Crippen LogP contribution in [0.25, 0.3) is 0 Å². The van der Waals surface area contributed by atoms with Crippen LogP contribution in [0.4, 0.5) is 0 Å². The lowest BCUT2D eigenvalue weighted by Gasteiger charge is -2.27. The van der Waals surface area contributed by atoms with E-state index >= 15 is 0 Å². The molecule has 14 heavy (non-hydrogen) atoms. The van der Waals surface area contributed by atoms with E-state index in [1.165, 1.54) is 0 Å². The molecule has 1 heterocycles. The highest BCUT2D eigenvalue weighted by atomic mass is 32.2. The van der Waals surface area contributed by atoms with Gasteiger partial charge in [-0.2, -0.15) is 0 Å². The Hall–Kier alpha value is -0.910. The quantitative estimate of drug-likeness (QED) is 0.726. The molecular weight excluding hydrogens is 200 g/mol. The van der Waals surface area contributed by atoms with Crippen molar-refractivity contribution in [3.63, 3.8) is 0 Å². The van der Waals surface area contributed by atoms with Gasteiger partial charge in [0.2, 0.25) is 10.0 Å². The molecule has 0 atom stereocenters. The highest BCUT2D eigenvalue weighted by Gasteiger charge is 2.19. The first kappa shape index (κ1) is 9.64. The SMILES string of the molecule is NS(=O)(=O)c1ccc(C2CNC2)cc1. The second-order valence-electron chi connectivity index (χ2n) is 3.47. The van der Waals surface area contributed by atoms with Gasteiger partial charge in [0.05, 0.1) is 4.90 Å². The third kappa shape index (κ3) is 1.79. The van der Waals surface area contributed by atoms with E-state index in [0.29, 0.717) is 5.92 Å². The summed E-state index contributed by atoms with van der Waals surface area (Å²) >= 11 is 0. The van der Waals surface area contributed by atoms with Crippen molar-refractivity contribution in [3.8, 4) is 0 Å². The molecule has 76 valence electrons. The van der Waals surface area contributed by atoms with Gasteiger partial charge in [-0.05, 0) is 17.7 Å². The van der Waals surface area contributed by atoms with E-state index in [1.54, 1.807) is 12.1 Å². The zero-order valence-electron chi connectivity index (χ0n) is 7.60. The van der Waals surface area contributed by atoms with Gasteiger partial charge >= 0.3 is 0 Å². The summed E-state index contributed by atoms with van der Waals surface area (Å²) in [7, 11) is -3.55. The molecule has 3 N–H and O–H groups in total. The molecule has 1 aliphatic rings. The first-order valence-corrected chi connectivity index (χ1v) is 5.95. The van der Waals surface area contributed by atoms with E-state index in [0.717, 1.165) is 18.7 Å². The fourth-order valence-corrected chi connectivity index (χ4v) is 1.97. The Morgan fingerprint density at radius 3 is 2.14 bits per heavy atom. The van der Waals surface area contributed by atoms with E-state index in [9.17, 15) is 8.42 Å². The number of rotatable bonds is 2. The molecule has 1 saturated heterocycles. The van der Waals surface area contributed by atoms with Gasteiger partial charge in [-0.25, -0.2) is 13.6 Å². The third-order valence-corrected chi connectivity index (χ3v) is 3.39. The van der Waals surface area contributed by atoms with Crippen molar-refractivity contribution in [2.24, 2.45) is 5.14 Å². The minimum atomic E-state index is -3.55. The van der Waals surface area contributed by atoms with Crippen molar-refractivity contribution >= 4 is 10.0 Å². The maximum absolute atomic E-state index is 11.0. The average molecular weight is 212 g/mol. The summed E-state index contributed by atoms with van der Waals surface area (Å²) in [6.45, 7) is 1.93. The summed E-state index contributed by atoms with van der Waals surface area (Å²) < 4.78 is 21.9. The van der Waals surface area contributed by atoms with Crippen LogP contribution in [-0.2, 0) is 10.0 Å². The zero-order valence-corrected chi connectivity index (χ0v) is 8.42. The standard InChI is InChI=1S/C9H12N2O2S/c10-14(12,13)9-3-1-7(2-4-9)8-5-11-6-8/h1-4,8,11H,5-6H2,(H2,10,12,13).